The molecular weight excluding hydrogens is 219 g/mol. The Kier molecular flexibility index (Phi) is 2.28. The van der Waals surface area contributed by atoms with Gasteiger partial charge in [-0.25, -0.2) is 4.39 Å². The average Bonchev–Trinajstić information content (AvgIpc) is 2.78. The van der Waals surface area contributed by atoms with Crippen LogP contribution in [0.1, 0.15) is 11.6 Å². The highest BCUT2D eigenvalue weighted by Crippen LogP contribution is 2.35. The second kappa shape index (κ2) is 3.80. The Bertz CT molecular complexity index is 538. The van der Waals surface area contributed by atoms with Crippen LogP contribution in [0.15, 0.2) is 41.2 Å². The molecule has 1 aliphatic heterocycles. The summed E-state index contributed by atoms with van der Waals surface area (Å²) in [5.74, 6) is -0.176. The molecule has 0 saturated heterocycles. The van der Waals surface area contributed by atoms with E-state index in [0.29, 0.717) is 12.1 Å². The monoisotopic (exact) mass is 232 g/mol. The Hall–Kier alpha value is -1.97. The third-order valence-corrected chi connectivity index (χ3v) is 3.12. The number of fused-ring (bicyclic) bond motifs is 1. The molecule has 0 amide bonds. The van der Waals surface area contributed by atoms with Crippen LogP contribution in [0.5, 0.6) is 0 Å². The van der Waals surface area contributed by atoms with Crippen LogP contribution in [0.4, 0.5) is 15.8 Å². The van der Waals surface area contributed by atoms with Crippen LogP contribution in [0, 0.1) is 5.82 Å². The molecule has 0 fully saturated rings. The van der Waals surface area contributed by atoms with E-state index in [0.717, 1.165) is 11.4 Å². The van der Waals surface area contributed by atoms with Crippen molar-refractivity contribution in [1.82, 2.24) is 0 Å². The van der Waals surface area contributed by atoms with E-state index in [-0.39, 0.29) is 11.9 Å². The van der Waals surface area contributed by atoms with Gasteiger partial charge in [0, 0.05) is 19.2 Å². The molecule has 1 N–H and O–H groups in total. The van der Waals surface area contributed by atoms with E-state index in [2.05, 4.69) is 10.2 Å². The van der Waals surface area contributed by atoms with Crippen molar-refractivity contribution in [2.45, 2.75) is 6.04 Å². The number of hydrogen-bond donors (Lipinski definition) is 1. The minimum atomic E-state index is -0.176. The van der Waals surface area contributed by atoms with E-state index in [4.69, 9.17) is 4.42 Å². The zero-order valence-corrected chi connectivity index (χ0v) is 9.48. The first kappa shape index (κ1) is 10.2. The Balaban J connectivity index is 1.96. The molecule has 17 heavy (non-hydrogen) atoms. The van der Waals surface area contributed by atoms with Crippen molar-refractivity contribution < 1.29 is 8.81 Å². The molecule has 1 unspecified atom stereocenters. The number of likely N-dealkylation sites (N-methyl/N-ethyl adjacent to an activating group) is 1. The number of halogens is 1. The molecule has 88 valence electrons. The van der Waals surface area contributed by atoms with Crippen LogP contribution in [-0.4, -0.2) is 13.6 Å². The minimum absolute atomic E-state index is 0.0497. The summed E-state index contributed by atoms with van der Waals surface area (Å²) in [6.07, 6.45) is 3.35. The highest BCUT2D eigenvalue weighted by Gasteiger charge is 2.25. The molecule has 0 spiro atoms. The van der Waals surface area contributed by atoms with Crippen LogP contribution in [0.2, 0.25) is 0 Å². The Labute approximate surface area is 98.8 Å². The van der Waals surface area contributed by atoms with Crippen LogP contribution in [-0.2, 0) is 0 Å². The van der Waals surface area contributed by atoms with Crippen molar-refractivity contribution in [3.63, 3.8) is 0 Å². The number of rotatable bonds is 1. The molecule has 1 aromatic carbocycles. The molecule has 0 radical (unpaired) electrons. The lowest BCUT2D eigenvalue weighted by molar-refractivity contribution is 0.568. The molecule has 2 heterocycles. The van der Waals surface area contributed by atoms with Crippen molar-refractivity contribution in [3.05, 3.63) is 48.2 Å². The van der Waals surface area contributed by atoms with Gasteiger partial charge in [-0.15, -0.1) is 0 Å². The fourth-order valence-electron chi connectivity index (χ4n) is 2.23. The van der Waals surface area contributed by atoms with Crippen LogP contribution >= 0.6 is 0 Å². The summed E-state index contributed by atoms with van der Waals surface area (Å²) in [6, 6.07) is 6.80. The lowest BCUT2D eigenvalue weighted by Gasteiger charge is -2.32. The maximum absolute atomic E-state index is 13.7. The van der Waals surface area contributed by atoms with Crippen LogP contribution in [0.3, 0.4) is 0 Å². The largest absolute Gasteiger partial charge is 0.468 e. The van der Waals surface area contributed by atoms with Gasteiger partial charge >= 0.3 is 0 Å². The second-order valence-corrected chi connectivity index (χ2v) is 4.27. The molecule has 0 bridgehead atoms. The molecular formula is C13H13FN2O. The fraction of sp³-hybridized carbons (Fsp3) is 0.231. The van der Waals surface area contributed by atoms with Gasteiger partial charge in [-0.2, -0.15) is 0 Å². The van der Waals surface area contributed by atoms with Gasteiger partial charge in [0.25, 0.3) is 0 Å². The van der Waals surface area contributed by atoms with Gasteiger partial charge in [0.1, 0.15) is 18.3 Å². The topological polar surface area (TPSA) is 28.4 Å². The minimum Gasteiger partial charge on any atom is -0.468 e. The summed E-state index contributed by atoms with van der Waals surface area (Å²) < 4.78 is 18.9. The van der Waals surface area contributed by atoms with Gasteiger partial charge in [0.05, 0.1) is 17.4 Å². The number of nitrogens with one attached hydrogen (secondary N) is 1. The lowest BCUT2D eigenvalue weighted by atomic mass is 10.0. The molecule has 0 aliphatic carbocycles. The number of hydrogen-bond acceptors (Lipinski definition) is 3. The van der Waals surface area contributed by atoms with E-state index >= 15 is 0 Å². The second-order valence-electron chi connectivity index (χ2n) is 4.27. The number of anilines is 2. The van der Waals surface area contributed by atoms with Crippen LogP contribution in [0.25, 0.3) is 0 Å². The molecule has 2 aromatic rings. The summed E-state index contributed by atoms with van der Waals surface area (Å²) in [6.45, 7) is 0.716. The van der Waals surface area contributed by atoms with Crippen molar-refractivity contribution >= 4 is 11.4 Å². The fourth-order valence-corrected chi connectivity index (χ4v) is 2.23. The first-order valence-electron chi connectivity index (χ1n) is 5.54. The standard InChI is InChI=1S/C13H13FN2O/c1-16-6-11(9-4-2-3-5-10(9)14)15-12-7-17-8-13(12)16/h2-5,7-8,11,15H,6H2,1H3. The highest BCUT2D eigenvalue weighted by molar-refractivity contribution is 5.71. The summed E-state index contributed by atoms with van der Waals surface area (Å²) in [5.41, 5.74) is 2.61. The predicted molar refractivity (Wildman–Crippen MR) is 64.7 cm³/mol. The van der Waals surface area contributed by atoms with Gasteiger partial charge in [0.15, 0.2) is 0 Å². The Morgan fingerprint density at radius 1 is 1.35 bits per heavy atom. The zero-order chi connectivity index (χ0) is 11.8. The quantitative estimate of drug-likeness (QED) is 0.819. The SMILES string of the molecule is CN1CC(c2ccccc2F)Nc2cocc21. The highest BCUT2D eigenvalue weighted by atomic mass is 19.1. The third-order valence-electron chi connectivity index (χ3n) is 3.12. The maximum atomic E-state index is 13.7. The van der Waals surface area contributed by atoms with Crippen molar-refractivity contribution in [2.24, 2.45) is 0 Å². The number of benzene rings is 1. The van der Waals surface area contributed by atoms with E-state index in [1.165, 1.54) is 6.07 Å². The molecule has 1 atom stereocenters. The van der Waals surface area contributed by atoms with Crippen molar-refractivity contribution in [2.75, 3.05) is 23.8 Å². The zero-order valence-electron chi connectivity index (χ0n) is 9.48. The van der Waals surface area contributed by atoms with E-state index in [1.807, 2.05) is 19.2 Å². The molecule has 4 heteroatoms. The summed E-state index contributed by atoms with van der Waals surface area (Å²) in [5, 5.41) is 3.29. The predicted octanol–water partition coefficient (Wildman–Crippen LogP) is 3.02. The number of furan rings is 1. The Morgan fingerprint density at radius 3 is 3.00 bits per heavy atom. The number of nitrogens with zero attached hydrogens (tertiary/aromatic N) is 1. The summed E-state index contributed by atoms with van der Waals surface area (Å²) >= 11 is 0. The molecule has 1 aliphatic rings. The third kappa shape index (κ3) is 1.65. The van der Waals surface area contributed by atoms with Gasteiger partial charge in [0.2, 0.25) is 0 Å². The van der Waals surface area contributed by atoms with E-state index in [1.54, 1.807) is 18.6 Å². The smallest absolute Gasteiger partial charge is 0.128 e. The van der Waals surface area contributed by atoms with Gasteiger partial charge in [-0.1, -0.05) is 18.2 Å². The molecule has 0 saturated carbocycles. The van der Waals surface area contributed by atoms with Gasteiger partial charge in [-0.3, -0.25) is 0 Å². The first-order valence-corrected chi connectivity index (χ1v) is 5.54. The maximum Gasteiger partial charge on any atom is 0.128 e. The van der Waals surface area contributed by atoms with Gasteiger partial charge < -0.3 is 14.6 Å². The van der Waals surface area contributed by atoms with Gasteiger partial charge in [-0.05, 0) is 6.07 Å². The van der Waals surface area contributed by atoms with Crippen LogP contribution < -0.4 is 10.2 Å². The molecule has 3 nitrogen and oxygen atoms in total. The summed E-state index contributed by atoms with van der Waals surface area (Å²) in [4.78, 5) is 2.06. The van der Waals surface area contributed by atoms with Crippen molar-refractivity contribution in [1.29, 1.82) is 0 Å². The molecule has 3 rings (SSSR count). The Morgan fingerprint density at radius 2 is 2.18 bits per heavy atom. The first-order chi connectivity index (χ1) is 8.25. The normalized spacial score (nSPS) is 18.7. The molecule has 1 aromatic heterocycles. The lowest BCUT2D eigenvalue weighted by Crippen LogP contribution is -2.33. The van der Waals surface area contributed by atoms with E-state index in [9.17, 15) is 4.39 Å². The summed E-state index contributed by atoms with van der Waals surface area (Å²) in [7, 11) is 1.98. The van der Waals surface area contributed by atoms with Crippen molar-refractivity contribution in [3.8, 4) is 0 Å². The average molecular weight is 232 g/mol. The van der Waals surface area contributed by atoms with E-state index < -0.39 is 0 Å².